The predicted octanol–water partition coefficient (Wildman–Crippen LogP) is 2.64. The number of nitrogens with one attached hydrogen (secondary N) is 1. The number of rotatable bonds is 7. The quantitative estimate of drug-likeness (QED) is 0.820. The van der Waals surface area contributed by atoms with E-state index in [4.69, 9.17) is 15.1 Å². The highest BCUT2D eigenvalue weighted by atomic mass is 16.5. The molecule has 5 nitrogen and oxygen atoms in total. The zero-order chi connectivity index (χ0) is 17.4. The van der Waals surface area contributed by atoms with Gasteiger partial charge in [-0.3, -0.25) is 4.79 Å². The monoisotopic (exact) mass is 324 g/mol. The van der Waals surface area contributed by atoms with E-state index in [1.807, 2.05) is 19.1 Å². The maximum atomic E-state index is 12.2. The molecule has 2 aromatic carbocycles. The average molecular weight is 324 g/mol. The van der Waals surface area contributed by atoms with Crippen molar-refractivity contribution in [3.05, 3.63) is 65.2 Å². The highest BCUT2D eigenvalue weighted by Crippen LogP contribution is 2.18. The molecule has 0 aliphatic heterocycles. The molecule has 2 rings (SSSR count). The van der Waals surface area contributed by atoms with Gasteiger partial charge in [-0.25, -0.2) is 0 Å². The summed E-state index contributed by atoms with van der Waals surface area (Å²) in [6.07, 6.45) is 0.513. The molecule has 5 heteroatoms. The molecule has 0 radical (unpaired) electrons. The summed E-state index contributed by atoms with van der Waals surface area (Å²) in [5.41, 5.74) is 1.85. The minimum Gasteiger partial charge on any atom is -0.488 e. The third-order valence-electron chi connectivity index (χ3n) is 3.53. The smallest absolute Gasteiger partial charge is 0.251 e. The Hall–Kier alpha value is -2.84. The number of aliphatic hydroxyl groups is 1. The zero-order valence-corrected chi connectivity index (χ0v) is 13.5. The molecule has 0 bridgehead atoms. The van der Waals surface area contributed by atoms with Crippen molar-refractivity contribution in [3.63, 3.8) is 0 Å². The number of benzene rings is 2. The largest absolute Gasteiger partial charge is 0.488 e. The summed E-state index contributed by atoms with van der Waals surface area (Å²) < 4.78 is 5.68. The molecule has 124 valence electrons. The third kappa shape index (κ3) is 4.83. The van der Waals surface area contributed by atoms with E-state index in [9.17, 15) is 4.79 Å². The first-order chi connectivity index (χ1) is 11.6. The lowest BCUT2D eigenvalue weighted by Crippen LogP contribution is -2.33. The molecular formula is C19H20N2O3. The second kappa shape index (κ2) is 8.70. The van der Waals surface area contributed by atoms with Crippen molar-refractivity contribution >= 4 is 5.91 Å². The van der Waals surface area contributed by atoms with E-state index in [0.717, 1.165) is 5.56 Å². The number of nitriles is 1. The van der Waals surface area contributed by atoms with E-state index in [-0.39, 0.29) is 25.2 Å². The topological polar surface area (TPSA) is 82.3 Å². The van der Waals surface area contributed by atoms with Crippen LogP contribution in [0.4, 0.5) is 0 Å². The summed E-state index contributed by atoms with van der Waals surface area (Å²) >= 11 is 0. The molecule has 2 N–H and O–H groups in total. The van der Waals surface area contributed by atoms with Gasteiger partial charge < -0.3 is 15.2 Å². The maximum Gasteiger partial charge on any atom is 0.251 e. The minimum absolute atomic E-state index is 0.0353. The van der Waals surface area contributed by atoms with E-state index in [2.05, 4.69) is 11.4 Å². The summed E-state index contributed by atoms with van der Waals surface area (Å²) in [4.78, 5) is 12.2. The summed E-state index contributed by atoms with van der Waals surface area (Å²) in [6, 6.07) is 16.2. The number of para-hydroxylation sites is 1. The number of nitrogens with zero attached hydrogens (tertiary/aromatic N) is 1. The third-order valence-corrected chi connectivity index (χ3v) is 3.53. The predicted molar refractivity (Wildman–Crippen MR) is 90.6 cm³/mol. The van der Waals surface area contributed by atoms with E-state index in [1.54, 1.807) is 36.4 Å². The van der Waals surface area contributed by atoms with Gasteiger partial charge in [-0.05, 0) is 43.2 Å². The minimum atomic E-state index is -0.185. The number of ether oxygens (including phenoxy) is 1. The van der Waals surface area contributed by atoms with Gasteiger partial charge in [0.15, 0.2) is 0 Å². The first kappa shape index (κ1) is 17.5. The van der Waals surface area contributed by atoms with E-state index in [1.165, 1.54) is 0 Å². The molecule has 0 aliphatic carbocycles. The summed E-state index contributed by atoms with van der Waals surface area (Å²) in [6.45, 7) is 2.15. The van der Waals surface area contributed by atoms with Gasteiger partial charge in [0.05, 0.1) is 5.56 Å². The molecule has 0 heterocycles. The Labute approximate surface area is 141 Å². The Kier molecular flexibility index (Phi) is 6.35. The number of amides is 1. The molecule has 0 aliphatic rings. The van der Waals surface area contributed by atoms with Gasteiger partial charge >= 0.3 is 0 Å². The Morgan fingerprint density at radius 3 is 2.83 bits per heavy atom. The molecule has 0 saturated carbocycles. The first-order valence-corrected chi connectivity index (χ1v) is 7.76. The SMILES string of the molecule is CC(CCO)NC(=O)c1cccc(COc2ccccc2C#N)c1. The first-order valence-electron chi connectivity index (χ1n) is 7.76. The van der Waals surface area contributed by atoms with Crippen LogP contribution in [-0.2, 0) is 6.61 Å². The van der Waals surface area contributed by atoms with Crippen LogP contribution >= 0.6 is 0 Å². The fourth-order valence-electron chi connectivity index (χ4n) is 2.22. The maximum absolute atomic E-state index is 12.2. The van der Waals surface area contributed by atoms with Crippen LogP contribution in [0.1, 0.15) is 34.8 Å². The molecule has 24 heavy (non-hydrogen) atoms. The van der Waals surface area contributed by atoms with Gasteiger partial charge in [-0.15, -0.1) is 0 Å². The molecule has 0 saturated heterocycles. The Morgan fingerprint density at radius 2 is 2.08 bits per heavy atom. The van der Waals surface area contributed by atoms with E-state index < -0.39 is 0 Å². The van der Waals surface area contributed by atoms with Crippen molar-refractivity contribution in [2.24, 2.45) is 0 Å². The van der Waals surface area contributed by atoms with Gasteiger partial charge in [-0.1, -0.05) is 24.3 Å². The normalized spacial score (nSPS) is 11.4. The average Bonchev–Trinajstić information content (AvgIpc) is 2.60. The van der Waals surface area contributed by atoms with Gasteiger partial charge in [0, 0.05) is 18.2 Å². The zero-order valence-electron chi connectivity index (χ0n) is 13.5. The standard InChI is InChI=1S/C19H20N2O3/c1-14(9-10-22)21-19(23)16-7-4-5-15(11-16)13-24-18-8-3-2-6-17(18)12-20/h2-8,11,14,22H,9-10,13H2,1H3,(H,21,23). The molecule has 0 fully saturated rings. The second-order valence-electron chi connectivity index (χ2n) is 5.48. The molecular weight excluding hydrogens is 304 g/mol. The van der Waals surface area contributed by atoms with Crippen molar-refractivity contribution in [2.75, 3.05) is 6.61 Å². The number of hydrogen-bond acceptors (Lipinski definition) is 4. The van der Waals surface area contributed by atoms with Crippen molar-refractivity contribution in [3.8, 4) is 11.8 Å². The fourth-order valence-corrected chi connectivity index (χ4v) is 2.22. The van der Waals surface area contributed by atoms with E-state index >= 15 is 0 Å². The van der Waals surface area contributed by atoms with Crippen molar-refractivity contribution in [1.29, 1.82) is 5.26 Å². The lowest BCUT2D eigenvalue weighted by Gasteiger charge is -2.13. The van der Waals surface area contributed by atoms with Gasteiger partial charge in [0.2, 0.25) is 0 Å². The second-order valence-corrected chi connectivity index (χ2v) is 5.48. The van der Waals surface area contributed by atoms with Crippen LogP contribution in [0.25, 0.3) is 0 Å². The number of carbonyl (C=O) groups is 1. The Balaban J connectivity index is 2.02. The highest BCUT2D eigenvalue weighted by molar-refractivity contribution is 5.94. The molecule has 0 spiro atoms. The molecule has 2 aromatic rings. The van der Waals surface area contributed by atoms with Crippen LogP contribution in [0.5, 0.6) is 5.75 Å². The fraction of sp³-hybridized carbons (Fsp3) is 0.263. The summed E-state index contributed by atoms with van der Waals surface area (Å²) in [5, 5.41) is 20.8. The van der Waals surface area contributed by atoms with Crippen LogP contribution < -0.4 is 10.1 Å². The van der Waals surface area contributed by atoms with Gasteiger partial charge in [-0.2, -0.15) is 5.26 Å². The molecule has 1 atom stereocenters. The Bertz CT molecular complexity index is 737. The lowest BCUT2D eigenvalue weighted by atomic mass is 10.1. The van der Waals surface area contributed by atoms with E-state index in [0.29, 0.717) is 23.3 Å². The van der Waals surface area contributed by atoms with Crippen LogP contribution in [0.3, 0.4) is 0 Å². The highest BCUT2D eigenvalue weighted by Gasteiger charge is 2.10. The lowest BCUT2D eigenvalue weighted by molar-refractivity contribution is 0.0934. The number of hydrogen-bond donors (Lipinski definition) is 2. The van der Waals surface area contributed by atoms with Crippen molar-refractivity contribution < 1.29 is 14.6 Å². The number of carbonyl (C=O) groups excluding carboxylic acids is 1. The van der Waals surface area contributed by atoms with Crippen LogP contribution in [0, 0.1) is 11.3 Å². The van der Waals surface area contributed by atoms with Gasteiger partial charge in [0.25, 0.3) is 5.91 Å². The summed E-state index contributed by atoms with van der Waals surface area (Å²) in [7, 11) is 0. The van der Waals surface area contributed by atoms with Crippen LogP contribution in [0.15, 0.2) is 48.5 Å². The number of aliphatic hydroxyl groups excluding tert-OH is 1. The van der Waals surface area contributed by atoms with Gasteiger partial charge in [0.1, 0.15) is 18.4 Å². The Morgan fingerprint density at radius 1 is 1.29 bits per heavy atom. The molecule has 0 aromatic heterocycles. The molecule has 1 unspecified atom stereocenters. The van der Waals surface area contributed by atoms with Crippen molar-refractivity contribution in [1.82, 2.24) is 5.32 Å². The summed E-state index contributed by atoms with van der Waals surface area (Å²) in [5.74, 6) is 0.335. The van der Waals surface area contributed by atoms with Crippen molar-refractivity contribution in [2.45, 2.75) is 26.0 Å². The van der Waals surface area contributed by atoms with Crippen LogP contribution in [-0.4, -0.2) is 23.7 Å². The molecule has 1 amide bonds. The van der Waals surface area contributed by atoms with Crippen LogP contribution in [0.2, 0.25) is 0 Å².